The van der Waals surface area contributed by atoms with Crippen LogP contribution >= 0.6 is 11.6 Å². The minimum absolute atomic E-state index is 0.0613. The van der Waals surface area contributed by atoms with Gasteiger partial charge in [-0.1, -0.05) is 6.92 Å². The lowest BCUT2D eigenvalue weighted by Crippen LogP contribution is -2.22. The number of rotatable bonds is 5. The van der Waals surface area contributed by atoms with Gasteiger partial charge in [-0.15, -0.1) is 11.6 Å². The molecule has 0 aliphatic carbocycles. The standard InChI is InChI=1S/C12H14ClFN2O2S/c1-8(5-13)7-19(17,18)16-12-4-10(6-15)3-11(14)9(12)2/h3-4,8,16H,5,7H2,1-2H3. The first kappa shape index (κ1) is 15.7. The summed E-state index contributed by atoms with van der Waals surface area (Å²) in [5, 5.41) is 8.75. The van der Waals surface area contributed by atoms with E-state index in [0.29, 0.717) is 0 Å². The summed E-state index contributed by atoms with van der Waals surface area (Å²) in [6.07, 6.45) is 0. The first-order valence-electron chi connectivity index (χ1n) is 5.55. The largest absolute Gasteiger partial charge is 0.283 e. The summed E-state index contributed by atoms with van der Waals surface area (Å²) in [6.45, 7) is 3.14. The van der Waals surface area contributed by atoms with Crippen molar-refractivity contribution in [2.75, 3.05) is 16.4 Å². The van der Waals surface area contributed by atoms with E-state index in [1.54, 1.807) is 13.0 Å². The van der Waals surface area contributed by atoms with Crippen LogP contribution in [-0.4, -0.2) is 20.1 Å². The zero-order chi connectivity index (χ0) is 14.6. The van der Waals surface area contributed by atoms with E-state index in [4.69, 9.17) is 16.9 Å². The summed E-state index contributed by atoms with van der Waals surface area (Å²) in [4.78, 5) is 0. The molecule has 1 unspecified atom stereocenters. The number of nitriles is 1. The van der Waals surface area contributed by atoms with Gasteiger partial charge in [-0.05, 0) is 25.0 Å². The molecule has 0 heterocycles. The Bertz CT molecular complexity index is 611. The fourth-order valence-electron chi connectivity index (χ4n) is 1.48. The highest BCUT2D eigenvalue weighted by Crippen LogP contribution is 2.22. The molecule has 1 rings (SSSR count). The fraction of sp³-hybridized carbons (Fsp3) is 0.417. The highest BCUT2D eigenvalue weighted by molar-refractivity contribution is 7.92. The van der Waals surface area contributed by atoms with Gasteiger partial charge >= 0.3 is 0 Å². The molecule has 1 aromatic carbocycles. The quantitative estimate of drug-likeness (QED) is 0.850. The Labute approximate surface area is 117 Å². The van der Waals surface area contributed by atoms with Crippen LogP contribution < -0.4 is 4.72 Å². The maximum atomic E-state index is 13.5. The summed E-state index contributed by atoms with van der Waals surface area (Å²) in [6, 6.07) is 4.15. The number of nitrogens with zero attached hydrogens (tertiary/aromatic N) is 1. The highest BCUT2D eigenvalue weighted by atomic mass is 35.5. The molecule has 0 fully saturated rings. The summed E-state index contributed by atoms with van der Waals surface area (Å²) in [7, 11) is -3.62. The normalized spacial score (nSPS) is 12.8. The molecule has 104 valence electrons. The molecule has 0 aromatic heterocycles. The zero-order valence-corrected chi connectivity index (χ0v) is 12.1. The molecule has 0 saturated carbocycles. The predicted molar refractivity (Wildman–Crippen MR) is 73.1 cm³/mol. The van der Waals surface area contributed by atoms with Crippen LogP contribution in [0.1, 0.15) is 18.1 Å². The first-order chi connectivity index (χ1) is 8.79. The van der Waals surface area contributed by atoms with Crippen LogP contribution in [0, 0.1) is 30.0 Å². The van der Waals surface area contributed by atoms with E-state index in [0.717, 1.165) is 6.07 Å². The smallest absolute Gasteiger partial charge is 0.233 e. The molecule has 1 atom stereocenters. The average molecular weight is 305 g/mol. The maximum absolute atomic E-state index is 13.5. The van der Waals surface area contributed by atoms with Gasteiger partial charge in [0.1, 0.15) is 5.82 Å². The number of nitrogens with one attached hydrogen (secondary N) is 1. The summed E-state index contributed by atoms with van der Waals surface area (Å²) < 4.78 is 39.5. The molecule has 4 nitrogen and oxygen atoms in total. The monoisotopic (exact) mass is 304 g/mol. The molecule has 0 aliphatic heterocycles. The van der Waals surface area contributed by atoms with Gasteiger partial charge in [-0.25, -0.2) is 12.8 Å². The number of alkyl halides is 1. The Morgan fingerprint density at radius 2 is 2.16 bits per heavy atom. The molecule has 0 spiro atoms. The molecule has 7 heteroatoms. The van der Waals surface area contributed by atoms with Crippen LogP contribution in [0.25, 0.3) is 0 Å². The number of anilines is 1. The number of hydrogen-bond acceptors (Lipinski definition) is 3. The van der Waals surface area contributed by atoms with Crippen molar-refractivity contribution < 1.29 is 12.8 Å². The summed E-state index contributed by atoms with van der Waals surface area (Å²) in [5.41, 5.74) is 0.297. The van der Waals surface area contributed by atoms with E-state index in [-0.39, 0.29) is 34.4 Å². The SMILES string of the molecule is Cc1c(F)cc(C#N)cc1NS(=O)(=O)CC(C)CCl. The van der Waals surface area contributed by atoms with E-state index in [1.807, 2.05) is 0 Å². The molecular weight excluding hydrogens is 291 g/mol. The Balaban J connectivity index is 3.06. The highest BCUT2D eigenvalue weighted by Gasteiger charge is 2.17. The third-order valence-corrected chi connectivity index (χ3v) is 4.57. The fourth-order valence-corrected chi connectivity index (χ4v) is 3.21. The molecule has 1 aromatic rings. The second-order valence-electron chi connectivity index (χ2n) is 4.39. The minimum Gasteiger partial charge on any atom is -0.283 e. The van der Waals surface area contributed by atoms with Crippen LogP contribution in [0.5, 0.6) is 0 Å². The van der Waals surface area contributed by atoms with Gasteiger partial charge in [0.15, 0.2) is 0 Å². The Morgan fingerprint density at radius 1 is 1.53 bits per heavy atom. The van der Waals surface area contributed by atoms with Crippen molar-refractivity contribution in [2.24, 2.45) is 5.92 Å². The van der Waals surface area contributed by atoms with Crippen LogP contribution in [-0.2, 0) is 10.0 Å². The van der Waals surface area contributed by atoms with Crippen molar-refractivity contribution in [1.29, 1.82) is 5.26 Å². The summed E-state index contributed by atoms with van der Waals surface area (Å²) >= 11 is 5.57. The second-order valence-corrected chi connectivity index (χ2v) is 6.46. The zero-order valence-electron chi connectivity index (χ0n) is 10.6. The van der Waals surface area contributed by atoms with Crippen LogP contribution in [0.3, 0.4) is 0 Å². The molecule has 19 heavy (non-hydrogen) atoms. The van der Waals surface area contributed by atoms with Gasteiger partial charge in [0.05, 0.1) is 23.1 Å². The molecule has 0 saturated heterocycles. The van der Waals surface area contributed by atoms with Crippen molar-refractivity contribution in [3.05, 3.63) is 29.1 Å². The van der Waals surface area contributed by atoms with E-state index in [1.165, 1.54) is 13.0 Å². The lowest BCUT2D eigenvalue weighted by Gasteiger charge is -2.13. The van der Waals surface area contributed by atoms with Gasteiger partial charge in [0.25, 0.3) is 0 Å². The lowest BCUT2D eigenvalue weighted by atomic mass is 10.1. The van der Waals surface area contributed by atoms with Crippen molar-refractivity contribution in [2.45, 2.75) is 13.8 Å². The first-order valence-corrected chi connectivity index (χ1v) is 7.74. The predicted octanol–water partition coefficient (Wildman–Crippen LogP) is 2.62. The van der Waals surface area contributed by atoms with E-state index < -0.39 is 15.8 Å². The summed E-state index contributed by atoms with van der Waals surface area (Å²) in [5.74, 6) is -0.786. The van der Waals surface area contributed by atoms with Crippen LogP contribution in [0.2, 0.25) is 0 Å². The van der Waals surface area contributed by atoms with Gasteiger partial charge in [-0.3, -0.25) is 4.72 Å². The number of sulfonamides is 1. The minimum atomic E-state index is -3.62. The van der Waals surface area contributed by atoms with E-state index in [9.17, 15) is 12.8 Å². The van der Waals surface area contributed by atoms with Gasteiger partial charge in [-0.2, -0.15) is 5.26 Å². The molecule has 0 bridgehead atoms. The topological polar surface area (TPSA) is 70.0 Å². The molecule has 0 amide bonds. The average Bonchev–Trinajstić information content (AvgIpc) is 2.33. The lowest BCUT2D eigenvalue weighted by molar-refractivity contribution is 0.588. The van der Waals surface area contributed by atoms with Crippen molar-refractivity contribution in [3.63, 3.8) is 0 Å². The van der Waals surface area contributed by atoms with E-state index in [2.05, 4.69) is 4.72 Å². The Morgan fingerprint density at radius 3 is 2.68 bits per heavy atom. The van der Waals surface area contributed by atoms with Gasteiger partial charge < -0.3 is 0 Å². The van der Waals surface area contributed by atoms with Crippen LogP contribution in [0.4, 0.5) is 10.1 Å². The Kier molecular flexibility index (Phi) is 5.15. The molecule has 0 aliphatic rings. The van der Waals surface area contributed by atoms with Gasteiger partial charge in [0, 0.05) is 11.4 Å². The van der Waals surface area contributed by atoms with Gasteiger partial charge in [0.2, 0.25) is 10.0 Å². The second kappa shape index (κ2) is 6.22. The molecular formula is C12H14ClFN2O2S. The Hall–Kier alpha value is -1.32. The third kappa shape index (κ3) is 4.37. The van der Waals surface area contributed by atoms with Crippen molar-refractivity contribution in [1.82, 2.24) is 0 Å². The van der Waals surface area contributed by atoms with Crippen LogP contribution in [0.15, 0.2) is 12.1 Å². The number of hydrogen-bond donors (Lipinski definition) is 1. The molecule has 0 radical (unpaired) electrons. The number of benzene rings is 1. The maximum Gasteiger partial charge on any atom is 0.233 e. The third-order valence-electron chi connectivity index (χ3n) is 2.51. The molecule has 1 N–H and O–H groups in total. The number of halogens is 2. The van der Waals surface area contributed by atoms with Crippen molar-refractivity contribution in [3.8, 4) is 6.07 Å². The van der Waals surface area contributed by atoms with E-state index >= 15 is 0 Å². The van der Waals surface area contributed by atoms with Crippen molar-refractivity contribution >= 4 is 27.3 Å².